The van der Waals surface area contributed by atoms with Gasteiger partial charge < -0.3 is 0 Å². The van der Waals surface area contributed by atoms with Crippen LogP contribution in [0.25, 0.3) is 20.2 Å². The van der Waals surface area contributed by atoms with E-state index in [1.54, 1.807) is 0 Å². The fourth-order valence-corrected chi connectivity index (χ4v) is 8.90. The van der Waals surface area contributed by atoms with Crippen LogP contribution in [0.4, 0.5) is 0 Å². The normalized spacial score (nSPS) is 11.9. The summed E-state index contributed by atoms with van der Waals surface area (Å²) in [6.07, 6.45) is 0. The highest BCUT2D eigenvalue weighted by Crippen LogP contribution is 2.33. The summed E-state index contributed by atoms with van der Waals surface area (Å²) < 4.78 is 2.76. The van der Waals surface area contributed by atoms with Gasteiger partial charge in [0.15, 0.2) is 0 Å². The Labute approximate surface area is 164 Å². The molecule has 4 aromatic carbocycles. The van der Waals surface area contributed by atoms with Gasteiger partial charge in [0.1, 0.15) is 8.07 Å². The highest BCUT2D eigenvalue weighted by molar-refractivity contribution is 7.26. The van der Waals surface area contributed by atoms with Crippen molar-refractivity contribution in [1.82, 2.24) is 0 Å². The van der Waals surface area contributed by atoms with Gasteiger partial charge in [-0.25, -0.2) is 0 Å². The van der Waals surface area contributed by atoms with Gasteiger partial charge in [0.25, 0.3) is 0 Å². The molecule has 5 aromatic rings. The van der Waals surface area contributed by atoms with Crippen molar-refractivity contribution in [3.63, 3.8) is 0 Å². The SMILES string of the molecule is C[Si](c1ccccc1)(c1ccccc1)c1ccc2c(c1)sc1ccccc12. The molecule has 0 aliphatic rings. The summed E-state index contributed by atoms with van der Waals surface area (Å²) in [5.74, 6) is 0. The Bertz CT molecular complexity index is 1180. The molecule has 0 fully saturated rings. The molecule has 1 heterocycles. The quantitative estimate of drug-likeness (QED) is 0.300. The van der Waals surface area contributed by atoms with E-state index in [4.69, 9.17) is 0 Å². The second-order valence-corrected chi connectivity index (χ2v) is 12.2. The van der Waals surface area contributed by atoms with Gasteiger partial charge in [-0.15, -0.1) is 11.3 Å². The first-order valence-corrected chi connectivity index (χ1v) is 12.6. The van der Waals surface area contributed by atoms with Crippen LogP contribution in [0, 0.1) is 0 Å². The van der Waals surface area contributed by atoms with Crippen LogP contribution in [0.15, 0.2) is 103 Å². The minimum Gasteiger partial charge on any atom is -0.135 e. The molecular formula is C25H20SSi. The van der Waals surface area contributed by atoms with Crippen LogP contribution < -0.4 is 15.6 Å². The molecule has 2 heteroatoms. The van der Waals surface area contributed by atoms with Crippen LogP contribution >= 0.6 is 11.3 Å². The molecule has 130 valence electrons. The number of fused-ring (bicyclic) bond motifs is 3. The second kappa shape index (κ2) is 6.49. The first kappa shape index (κ1) is 16.5. The predicted molar refractivity (Wildman–Crippen MR) is 123 cm³/mol. The molecule has 0 saturated carbocycles. The Hall–Kier alpha value is -2.68. The maximum atomic E-state index is 2.48. The molecule has 0 bridgehead atoms. The Morgan fingerprint density at radius 2 is 1.07 bits per heavy atom. The van der Waals surface area contributed by atoms with Gasteiger partial charge in [0, 0.05) is 20.2 Å². The first-order valence-electron chi connectivity index (χ1n) is 9.29. The lowest BCUT2D eigenvalue weighted by atomic mass is 10.1. The average molecular weight is 381 g/mol. The summed E-state index contributed by atoms with van der Waals surface area (Å²) >= 11 is 1.90. The molecule has 0 saturated heterocycles. The molecule has 0 radical (unpaired) electrons. The van der Waals surface area contributed by atoms with Crippen molar-refractivity contribution in [2.24, 2.45) is 0 Å². The lowest BCUT2D eigenvalue weighted by Crippen LogP contribution is -2.64. The molecular weight excluding hydrogens is 360 g/mol. The fourth-order valence-electron chi connectivity index (χ4n) is 4.08. The van der Waals surface area contributed by atoms with Gasteiger partial charge in [-0.05, 0) is 27.7 Å². The number of thiophene rings is 1. The molecule has 5 rings (SSSR count). The topological polar surface area (TPSA) is 0 Å². The lowest BCUT2D eigenvalue weighted by Gasteiger charge is -2.29. The Kier molecular flexibility index (Phi) is 3.96. The molecule has 1 aromatic heterocycles. The first-order chi connectivity index (χ1) is 13.3. The summed E-state index contributed by atoms with van der Waals surface area (Å²) in [5, 5.41) is 7.12. The molecule has 0 aliphatic carbocycles. The summed E-state index contributed by atoms with van der Waals surface area (Å²) in [6.45, 7) is 2.48. The third-order valence-electron chi connectivity index (χ3n) is 5.66. The summed E-state index contributed by atoms with van der Waals surface area (Å²) in [5.41, 5.74) is 0. The van der Waals surface area contributed by atoms with Crippen LogP contribution in [-0.2, 0) is 0 Å². The van der Waals surface area contributed by atoms with E-state index in [9.17, 15) is 0 Å². The third kappa shape index (κ3) is 2.64. The van der Waals surface area contributed by atoms with Crippen molar-refractivity contribution in [2.45, 2.75) is 6.55 Å². The fraction of sp³-hybridized carbons (Fsp3) is 0.0400. The molecule has 0 aliphatic heterocycles. The monoisotopic (exact) mass is 380 g/mol. The minimum atomic E-state index is -2.04. The number of rotatable bonds is 3. The molecule has 0 nitrogen and oxygen atoms in total. The van der Waals surface area contributed by atoms with Gasteiger partial charge >= 0.3 is 0 Å². The maximum absolute atomic E-state index is 2.48. The average Bonchev–Trinajstić information content (AvgIpc) is 3.12. The van der Waals surface area contributed by atoms with E-state index in [0.717, 1.165) is 0 Å². The molecule has 0 spiro atoms. The van der Waals surface area contributed by atoms with Gasteiger partial charge in [-0.2, -0.15) is 0 Å². The van der Waals surface area contributed by atoms with Crippen LogP contribution in [0.5, 0.6) is 0 Å². The van der Waals surface area contributed by atoms with Gasteiger partial charge in [-0.3, -0.25) is 0 Å². The zero-order chi connectivity index (χ0) is 18.3. The van der Waals surface area contributed by atoms with Crippen LogP contribution in [-0.4, -0.2) is 8.07 Å². The molecule has 27 heavy (non-hydrogen) atoms. The van der Waals surface area contributed by atoms with E-state index in [-0.39, 0.29) is 0 Å². The Morgan fingerprint density at radius 3 is 1.74 bits per heavy atom. The number of hydrogen-bond acceptors (Lipinski definition) is 1. The van der Waals surface area contributed by atoms with E-state index < -0.39 is 8.07 Å². The van der Waals surface area contributed by atoms with Crippen molar-refractivity contribution in [3.05, 3.63) is 103 Å². The maximum Gasteiger partial charge on any atom is 0.145 e. The van der Waals surface area contributed by atoms with Crippen molar-refractivity contribution < 1.29 is 0 Å². The van der Waals surface area contributed by atoms with E-state index in [1.165, 1.54) is 35.7 Å². The molecule has 0 unspecified atom stereocenters. The van der Waals surface area contributed by atoms with Crippen molar-refractivity contribution in [3.8, 4) is 0 Å². The zero-order valence-corrected chi connectivity index (χ0v) is 17.0. The van der Waals surface area contributed by atoms with Gasteiger partial charge in [0.05, 0.1) is 0 Å². The predicted octanol–water partition coefficient (Wildman–Crippen LogP) is 5.15. The second-order valence-electron chi connectivity index (χ2n) is 7.17. The zero-order valence-electron chi connectivity index (χ0n) is 15.2. The smallest absolute Gasteiger partial charge is 0.135 e. The Morgan fingerprint density at radius 1 is 0.519 bits per heavy atom. The minimum absolute atomic E-state index is 1.37. The van der Waals surface area contributed by atoms with Gasteiger partial charge in [-0.1, -0.05) is 97.5 Å². The van der Waals surface area contributed by atoms with E-state index in [0.29, 0.717) is 0 Å². The summed E-state index contributed by atoms with van der Waals surface area (Å²) in [6, 6.07) is 38.0. The number of benzene rings is 4. The lowest BCUT2D eigenvalue weighted by molar-refractivity contribution is 1.68. The summed E-state index contributed by atoms with van der Waals surface area (Å²) in [4.78, 5) is 0. The van der Waals surface area contributed by atoms with Crippen molar-refractivity contribution in [1.29, 1.82) is 0 Å². The van der Waals surface area contributed by atoms with Crippen LogP contribution in [0.1, 0.15) is 0 Å². The Balaban J connectivity index is 1.78. The van der Waals surface area contributed by atoms with E-state index in [2.05, 4.69) is 110 Å². The van der Waals surface area contributed by atoms with Crippen LogP contribution in [0.2, 0.25) is 6.55 Å². The van der Waals surface area contributed by atoms with Crippen molar-refractivity contribution in [2.75, 3.05) is 0 Å². The van der Waals surface area contributed by atoms with Gasteiger partial charge in [0.2, 0.25) is 0 Å². The standard InChI is InChI=1S/C25H20SSi/c1-27(19-10-4-2-5-11-19,20-12-6-3-7-13-20)21-16-17-23-22-14-8-9-15-24(22)26-25(23)18-21/h2-18H,1H3. The molecule has 0 amide bonds. The van der Waals surface area contributed by atoms with Crippen LogP contribution in [0.3, 0.4) is 0 Å². The van der Waals surface area contributed by atoms with E-state index in [1.807, 2.05) is 11.3 Å². The number of hydrogen-bond donors (Lipinski definition) is 0. The molecule has 0 atom stereocenters. The highest BCUT2D eigenvalue weighted by Gasteiger charge is 2.34. The van der Waals surface area contributed by atoms with Crippen molar-refractivity contribution >= 4 is 55.1 Å². The highest BCUT2D eigenvalue weighted by atomic mass is 32.1. The third-order valence-corrected chi connectivity index (χ3v) is 11.2. The molecule has 0 N–H and O–H groups in total. The summed E-state index contributed by atoms with van der Waals surface area (Å²) in [7, 11) is -2.04. The van der Waals surface area contributed by atoms with E-state index >= 15 is 0 Å². The largest absolute Gasteiger partial charge is 0.145 e.